The number of carbonyl (C=O) groups excluding carboxylic acids is 1. The minimum Gasteiger partial charge on any atom is -0.479 e. The standard InChI is InChI=1S/C22H22FNO4/c1-13(2)21(23)12-22(21,19(25)26)24-20(27)28-11-18-16-9-5-3-7-14(16)15-8-4-6-10-17(15)18/h3-10,13,18H,11-12H2,1-2H3,(H,24,27)(H,25,26)/t21-,22+/m1/s1. The third-order valence-corrected chi connectivity index (χ3v) is 6.05. The highest BCUT2D eigenvalue weighted by Gasteiger charge is 2.77. The fourth-order valence-electron chi connectivity index (χ4n) is 4.30. The van der Waals surface area contributed by atoms with Gasteiger partial charge in [-0.15, -0.1) is 0 Å². The minimum atomic E-state index is -1.97. The predicted octanol–water partition coefficient (Wildman–Crippen LogP) is 4.12. The first-order chi connectivity index (χ1) is 13.3. The number of fused-ring (bicyclic) bond motifs is 3. The predicted molar refractivity (Wildman–Crippen MR) is 102 cm³/mol. The topological polar surface area (TPSA) is 75.6 Å². The van der Waals surface area contributed by atoms with Crippen LogP contribution in [-0.2, 0) is 9.53 Å². The van der Waals surface area contributed by atoms with E-state index in [2.05, 4.69) is 5.32 Å². The van der Waals surface area contributed by atoms with Gasteiger partial charge in [0.1, 0.15) is 12.3 Å². The van der Waals surface area contributed by atoms with Crippen molar-refractivity contribution < 1.29 is 23.8 Å². The van der Waals surface area contributed by atoms with E-state index in [0.29, 0.717) is 0 Å². The number of hydrogen-bond acceptors (Lipinski definition) is 3. The molecule has 28 heavy (non-hydrogen) atoms. The molecule has 1 fully saturated rings. The van der Waals surface area contributed by atoms with Crippen LogP contribution in [0.25, 0.3) is 11.1 Å². The molecule has 0 spiro atoms. The van der Waals surface area contributed by atoms with Crippen LogP contribution in [0.3, 0.4) is 0 Å². The first-order valence-electron chi connectivity index (χ1n) is 9.35. The number of amides is 1. The smallest absolute Gasteiger partial charge is 0.408 e. The molecule has 4 rings (SSSR count). The highest BCUT2D eigenvalue weighted by Crippen LogP contribution is 2.56. The summed E-state index contributed by atoms with van der Waals surface area (Å²) in [6.45, 7) is 3.25. The number of hydrogen-bond donors (Lipinski definition) is 2. The van der Waals surface area contributed by atoms with Crippen LogP contribution in [0.2, 0.25) is 0 Å². The minimum absolute atomic E-state index is 0.0521. The molecule has 2 atom stereocenters. The molecular formula is C22H22FNO4. The molecule has 2 N–H and O–H groups in total. The maximum atomic E-state index is 14.8. The fraction of sp³-hybridized carbons (Fsp3) is 0.364. The Labute approximate surface area is 162 Å². The van der Waals surface area contributed by atoms with E-state index in [0.717, 1.165) is 22.3 Å². The summed E-state index contributed by atoms with van der Waals surface area (Å²) in [5.74, 6) is -2.05. The monoisotopic (exact) mass is 383 g/mol. The van der Waals surface area contributed by atoms with Gasteiger partial charge in [0.05, 0.1) is 0 Å². The van der Waals surface area contributed by atoms with Crippen molar-refractivity contribution in [3.63, 3.8) is 0 Å². The maximum Gasteiger partial charge on any atom is 0.408 e. The Kier molecular flexibility index (Phi) is 4.17. The van der Waals surface area contributed by atoms with Crippen LogP contribution in [0.15, 0.2) is 48.5 Å². The number of nitrogens with one attached hydrogen (secondary N) is 1. The van der Waals surface area contributed by atoms with Gasteiger partial charge in [-0.1, -0.05) is 62.4 Å². The number of carboxylic acids is 1. The summed E-state index contributed by atoms with van der Waals surface area (Å²) in [5.41, 5.74) is 0.419. The fourth-order valence-corrected chi connectivity index (χ4v) is 4.30. The van der Waals surface area contributed by atoms with E-state index in [1.165, 1.54) is 0 Å². The number of benzene rings is 2. The quantitative estimate of drug-likeness (QED) is 0.815. The normalized spacial score (nSPS) is 25.1. The van der Waals surface area contributed by atoms with Crippen molar-refractivity contribution in [2.75, 3.05) is 6.61 Å². The first-order valence-corrected chi connectivity index (χ1v) is 9.35. The van der Waals surface area contributed by atoms with Crippen molar-refractivity contribution in [2.24, 2.45) is 5.92 Å². The Hall–Kier alpha value is -2.89. The van der Waals surface area contributed by atoms with Crippen LogP contribution in [0.5, 0.6) is 0 Å². The molecule has 2 aliphatic rings. The van der Waals surface area contributed by atoms with Crippen LogP contribution in [0, 0.1) is 5.92 Å². The molecule has 0 unspecified atom stereocenters. The molecule has 2 aromatic rings. The maximum absolute atomic E-state index is 14.8. The van der Waals surface area contributed by atoms with Gasteiger partial charge in [-0.05, 0) is 28.2 Å². The molecular weight excluding hydrogens is 361 g/mol. The lowest BCUT2D eigenvalue weighted by Gasteiger charge is -2.21. The van der Waals surface area contributed by atoms with E-state index in [1.807, 2.05) is 48.5 Å². The second-order valence-electron chi connectivity index (χ2n) is 7.85. The van der Waals surface area contributed by atoms with E-state index < -0.39 is 29.2 Å². The van der Waals surface area contributed by atoms with Crippen molar-refractivity contribution in [2.45, 2.75) is 37.4 Å². The zero-order valence-corrected chi connectivity index (χ0v) is 15.7. The number of ether oxygens (including phenoxy) is 1. The van der Waals surface area contributed by atoms with Crippen molar-refractivity contribution in [1.82, 2.24) is 5.32 Å². The summed E-state index contributed by atoms with van der Waals surface area (Å²) in [5, 5.41) is 11.7. The molecule has 6 heteroatoms. The SMILES string of the molecule is CC(C)[C@]1(F)C[C@]1(NC(=O)OCC1c2ccccc2-c2ccccc21)C(=O)O. The Morgan fingerprint density at radius 1 is 1.14 bits per heavy atom. The number of alkyl carbamates (subject to hydrolysis) is 1. The largest absolute Gasteiger partial charge is 0.479 e. The van der Waals surface area contributed by atoms with Gasteiger partial charge >= 0.3 is 12.1 Å². The zero-order chi connectivity index (χ0) is 20.1. The third-order valence-electron chi connectivity index (χ3n) is 6.05. The van der Waals surface area contributed by atoms with E-state index >= 15 is 0 Å². The van der Waals surface area contributed by atoms with Gasteiger partial charge < -0.3 is 15.2 Å². The second kappa shape index (κ2) is 6.33. The molecule has 1 saturated carbocycles. The van der Waals surface area contributed by atoms with Gasteiger partial charge in [-0.2, -0.15) is 0 Å². The molecule has 0 heterocycles. The van der Waals surface area contributed by atoms with E-state index in [9.17, 15) is 19.1 Å². The number of alkyl halides is 1. The molecule has 0 saturated heterocycles. The Balaban J connectivity index is 1.50. The summed E-state index contributed by atoms with van der Waals surface area (Å²) in [4.78, 5) is 23.9. The molecule has 146 valence electrons. The van der Waals surface area contributed by atoms with Crippen LogP contribution in [-0.4, -0.2) is 35.0 Å². The van der Waals surface area contributed by atoms with Crippen LogP contribution in [0.1, 0.15) is 37.3 Å². The van der Waals surface area contributed by atoms with Crippen LogP contribution < -0.4 is 5.32 Å². The molecule has 1 amide bonds. The van der Waals surface area contributed by atoms with E-state index in [1.54, 1.807) is 13.8 Å². The summed E-state index contributed by atoms with van der Waals surface area (Å²) in [6, 6.07) is 15.8. The zero-order valence-electron chi connectivity index (χ0n) is 15.7. The van der Waals surface area contributed by atoms with Gasteiger partial charge in [-0.25, -0.2) is 14.0 Å². The van der Waals surface area contributed by atoms with Crippen molar-refractivity contribution in [3.05, 3.63) is 59.7 Å². The summed E-state index contributed by atoms with van der Waals surface area (Å²) in [6.07, 6.45) is -1.17. The highest BCUT2D eigenvalue weighted by atomic mass is 19.1. The lowest BCUT2D eigenvalue weighted by Crippen LogP contribution is -2.50. The average Bonchev–Trinajstić information content (AvgIpc) is 3.17. The van der Waals surface area contributed by atoms with Crippen molar-refractivity contribution in [3.8, 4) is 11.1 Å². The van der Waals surface area contributed by atoms with Crippen LogP contribution >= 0.6 is 0 Å². The van der Waals surface area contributed by atoms with Gasteiger partial charge in [0.2, 0.25) is 0 Å². The Bertz CT molecular complexity index is 914. The Morgan fingerprint density at radius 2 is 1.68 bits per heavy atom. The van der Waals surface area contributed by atoms with Crippen molar-refractivity contribution >= 4 is 12.1 Å². The third kappa shape index (κ3) is 2.58. The molecule has 0 aliphatic heterocycles. The van der Waals surface area contributed by atoms with Gasteiger partial charge in [0.15, 0.2) is 5.54 Å². The first kappa shape index (κ1) is 18.5. The van der Waals surface area contributed by atoms with Gasteiger partial charge in [-0.3, -0.25) is 0 Å². The number of halogens is 1. The summed E-state index contributed by atoms with van der Waals surface area (Å²) >= 11 is 0. The Morgan fingerprint density at radius 3 is 2.14 bits per heavy atom. The van der Waals surface area contributed by atoms with Gasteiger partial charge in [0, 0.05) is 12.3 Å². The second-order valence-corrected chi connectivity index (χ2v) is 7.85. The number of carboxylic acid groups (broad SMARTS) is 1. The molecule has 2 aliphatic carbocycles. The number of carbonyl (C=O) groups is 2. The molecule has 5 nitrogen and oxygen atoms in total. The molecule has 2 aromatic carbocycles. The lowest BCUT2D eigenvalue weighted by molar-refractivity contribution is -0.142. The number of aliphatic carboxylic acids is 1. The molecule has 0 bridgehead atoms. The summed E-state index contributed by atoms with van der Waals surface area (Å²) < 4.78 is 20.2. The molecule has 0 radical (unpaired) electrons. The lowest BCUT2D eigenvalue weighted by atomic mass is 9.98. The van der Waals surface area contributed by atoms with E-state index in [4.69, 9.17) is 4.74 Å². The highest BCUT2D eigenvalue weighted by molar-refractivity contribution is 5.90. The number of rotatable bonds is 5. The van der Waals surface area contributed by atoms with E-state index in [-0.39, 0.29) is 18.9 Å². The van der Waals surface area contributed by atoms with Gasteiger partial charge in [0.25, 0.3) is 0 Å². The average molecular weight is 383 g/mol. The van der Waals surface area contributed by atoms with Crippen molar-refractivity contribution in [1.29, 1.82) is 0 Å². The summed E-state index contributed by atoms with van der Waals surface area (Å²) in [7, 11) is 0. The molecule has 0 aromatic heterocycles. The van der Waals surface area contributed by atoms with Crippen LogP contribution in [0.4, 0.5) is 9.18 Å².